The Kier molecular flexibility index (Phi) is 5.17. The number of likely N-dealkylation sites (tertiary alicyclic amines) is 1. The summed E-state index contributed by atoms with van der Waals surface area (Å²) in [4.78, 5) is 14.2. The van der Waals surface area contributed by atoms with Crippen LogP contribution in [0.4, 0.5) is 0 Å². The maximum Gasteiger partial charge on any atom is 0.220 e. The smallest absolute Gasteiger partial charge is 0.220 e. The van der Waals surface area contributed by atoms with Crippen molar-refractivity contribution in [2.45, 2.75) is 76.4 Å². The van der Waals surface area contributed by atoms with Gasteiger partial charge in [-0.2, -0.15) is 0 Å². The summed E-state index contributed by atoms with van der Waals surface area (Å²) in [5.41, 5.74) is 0. The van der Waals surface area contributed by atoms with Gasteiger partial charge < -0.3 is 10.6 Å². The maximum atomic E-state index is 11.5. The lowest BCUT2D eigenvalue weighted by molar-refractivity contribution is -0.125. The molecule has 3 fully saturated rings. The van der Waals surface area contributed by atoms with Gasteiger partial charge in [0, 0.05) is 37.6 Å². The first kappa shape index (κ1) is 15.3. The first-order valence-corrected chi connectivity index (χ1v) is 9.03. The van der Waals surface area contributed by atoms with Gasteiger partial charge in [0.2, 0.25) is 5.91 Å². The van der Waals surface area contributed by atoms with Crippen LogP contribution in [-0.4, -0.2) is 48.6 Å². The SMILES string of the molecule is CCCNC1CCC(N2CCC3NC(=O)CCC3C2)CC1. The second-order valence-corrected chi connectivity index (χ2v) is 7.22. The number of carbonyl (C=O) groups is 1. The highest BCUT2D eigenvalue weighted by Gasteiger charge is 2.36. The highest BCUT2D eigenvalue weighted by molar-refractivity contribution is 5.77. The minimum Gasteiger partial charge on any atom is -0.353 e. The largest absolute Gasteiger partial charge is 0.353 e. The topological polar surface area (TPSA) is 44.4 Å². The molecule has 2 atom stereocenters. The molecule has 4 heteroatoms. The van der Waals surface area contributed by atoms with E-state index in [9.17, 15) is 4.79 Å². The molecule has 0 aromatic carbocycles. The summed E-state index contributed by atoms with van der Waals surface area (Å²) in [6.45, 7) is 5.80. The first-order chi connectivity index (χ1) is 10.3. The van der Waals surface area contributed by atoms with E-state index in [1.807, 2.05) is 0 Å². The number of hydrogen-bond acceptors (Lipinski definition) is 3. The Balaban J connectivity index is 1.45. The molecule has 21 heavy (non-hydrogen) atoms. The van der Waals surface area contributed by atoms with E-state index in [0.717, 1.165) is 31.3 Å². The van der Waals surface area contributed by atoms with E-state index in [0.29, 0.717) is 12.0 Å². The second-order valence-electron chi connectivity index (χ2n) is 7.22. The molecule has 2 aliphatic heterocycles. The summed E-state index contributed by atoms with van der Waals surface area (Å²) < 4.78 is 0. The monoisotopic (exact) mass is 293 g/mol. The molecular formula is C17H31N3O. The van der Waals surface area contributed by atoms with Gasteiger partial charge in [0.25, 0.3) is 0 Å². The Morgan fingerprint density at radius 2 is 2.00 bits per heavy atom. The van der Waals surface area contributed by atoms with Gasteiger partial charge in [0.1, 0.15) is 0 Å². The summed E-state index contributed by atoms with van der Waals surface area (Å²) in [7, 11) is 0. The number of piperidine rings is 2. The first-order valence-electron chi connectivity index (χ1n) is 9.03. The van der Waals surface area contributed by atoms with Crippen molar-refractivity contribution in [3.05, 3.63) is 0 Å². The van der Waals surface area contributed by atoms with Crippen molar-refractivity contribution >= 4 is 5.91 Å². The fraction of sp³-hybridized carbons (Fsp3) is 0.941. The van der Waals surface area contributed by atoms with E-state index >= 15 is 0 Å². The molecular weight excluding hydrogens is 262 g/mol. The molecule has 1 aliphatic carbocycles. The second kappa shape index (κ2) is 7.10. The number of carbonyl (C=O) groups excluding carboxylic acids is 1. The van der Waals surface area contributed by atoms with Gasteiger partial charge >= 0.3 is 0 Å². The summed E-state index contributed by atoms with van der Waals surface area (Å²) in [6.07, 6.45) is 9.61. The average molecular weight is 293 g/mol. The van der Waals surface area contributed by atoms with E-state index in [1.54, 1.807) is 0 Å². The summed E-state index contributed by atoms with van der Waals surface area (Å²) in [5, 5.41) is 6.88. The van der Waals surface area contributed by atoms with Gasteiger partial charge in [0.05, 0.1) is 0 Å². The summed E-state index contributed by atoms with van der Waals surface area (Å²) >= 11 is 0. The molecule has 0 bridgehead atoms. The molecule has 2 N–H and O–H groups in total. The van der Waals surface area contributed by atoms with Crippen LogP contribution >= 0.6 is 0 Å². The van der Waals surface area contributed by atoms with Crippen molar-refractivity contribution in [3.8, 4) is 0 Å². The van der Waals surface area contributed by atoms with Crippen LogP contribution in [0, 0.1) is 5.92 Å². The molecule has 2 saturated heterocycles. The molecule has 0 aromatic rings. The van der Waals surface area contributed by atoms with Crippen molar-refractivity contribution in [3.63, 3.8) is 0 Å². The lowest BCUT2D eigenvalue weighted by Gasteiger charge is -2.46. The van der Waals surface area contributed by atoms with Crippen molar-refractivity contribution in [1.82, 2.24) is 15.5 Å². The predicted octanol–water partition coefficient (Wildman–Crippen LogP) is 1.90. The minimum absolute atomic E-state index is 0.271. The van der Waals surface area contributed by atoms with Crippen molar-refractivity contribution in [2.24, 2.45) is 5.92 Å². The standard InChI is InChI=1S/C17H31N3O/c1-2-10-18-14-4-6-15(7-5-14)20-11-9-16-13(12-20)3-8-17(21)19-16/h13-16,18H,2-12H2,1H3,(H,19,21). The van der Waals surface area contributed by atoms with E-state index in [4.69, 9.17) is 0 Å². The van der Waals surface area contributed by atoms with Crippen molar-refractivity contribution in [1.29, 1.82) is 0 Å². The molecule has 1 amide bonds. The Bertz CT molecular complexity index is 352. The molecule has 120 valence electrons. The van der Waals surface area contributed by atoms with Crippen LogP contribution in [0.15, 0.2) is 0 Å². The maximum absolute atomic E-state index is 11.5. The molecule has 2 heterocycles. The molecule has 4 nitrogen and oxygen atoms in total. The van der Waals surface area contributed by atoms with Crippen LogP contribution in [0.2, 0.25) is 0 Å². The van der Waals surface area contributed by atoms with Gasteiger partial charge in [-0.15, -0.1) is 0 Å². The third kappa shape index (κ3) is 3.78. The van der Waals surface area contributed by atoms with Crippen molar-refractivity contribution < 1.29 is 4.79 Å². The zero-order valence-corrected chi connectivity index (χ0v) is 13.4. The minimum atomic E-state index is 0.271. The zero-order chi connectivity index (χ0) is 14.7. The normalized spacial score (nSPS) is 37.9. The van der Waals surface area contributed by atoms with E-state index in [2.05, 4.69) is 22.5 Å². The molecule has 3 rings (SSSR count). The van der Waals surface area contributed by atoms with Gasteiger partial charge in [0.15, 0.2) is 0 Å². The van der Waals surface area contributed by atoms with Crippen LogP contribution in [0.5, 0.6) is 0 Å². The van der Waals surface area contributed by atoms with E-state index < -0.39 is 0 Å². The van der Waals surface area contributed by atoms with Gasteiger partial charge in [-0.25, -0.2) is 0 Å². The van der Waals surface area contributed by atoms with Crippen LogP contribution in [0.3, 0.4) is 0 Å². The quantitative estimate of drug-likeness (QED) is 0.832. The Morgan fingerprint density at radius 3 is 2.76 bits per heavy atom. The van der Waals surface area contributed by atoms with Gasteiger partial charge in [-0.1, -0.05) is 6.92 Å². The molecule has 0 radical (unpaired) electrons. The number of nitrogens with zero attached hydrogens (tertiary/aromatic N) is 1. The third-order valence-corrected chi connectivity index (χ3v) is 5.75. The van der Waals surface area contributed by atoms with Crippen LogP contribution in [0.1, 0.15) is 58.3 Å². The Hall–Kier alpha value is -0.610. The van der Waals surface area contributed by atoms with Crippen LogP contribution in [-0.2, 0) is 4.79 Å². The highest BCUT2D eigenvalue weighted by Crippen LogP contribution is 2.30. The molecule has 2 unspecified atom stereocenters. The van der Waals surface area contributed by atoms with Crippen LogP contribution in [0.25, 0.3) is 0 Å². The van der Waals surface area contributed by atoms with Gasteiger partial charge in [-0.3, -0.25) is 9.69 Å². The Morgan fingerprint density at radius 1 is 1.19 bits per heavy atom. The van der Waals surface area contributed by atoms with E-state index in [1.165, 1.54) is 51.7 Å². The molecule has 1 saturated carbocycles. The third-order valence-electron chi connectivity index (χ3n) is 5.75. The average Bonchev–Trinajstić information content (AvgIpc) is 2.53. The number of nitrogens with one attached hydrogen (secondary N) is 2. The predicted molar refractivity (Wildman–Crippen MR) is 85.2 cm³/mol. The lowest BCUT2D eigenvalue weighted by atomic mass is 9.82. The number of hydrogen-bond donors (Lipinski definition) is 2. The fourth-order valence-corrected chi connectivity index (χ4v) is 4.46. The molecule has 0 spiro atoms. The molecule has 3 aliphatic rings. The summed E-state index contributed by atoms with van der Waals surface area (Å²) in [5.74, 6) is 0.972. The Labute approximate surface area is 129 Å². The van der Waals surface area contributed by atoms with Crippen LogP contribution < -0.4 is 10.6 Å². The van der Waals surface area contributed by atoms with Crippen molar-refractivity contribution in [2.75, 3.05) is 19.6 Å². The fourth-order valence-electron chi connectivity index (χ4n) is 4.46. The summed E-state index contributed by atoms with van der Waals surface area (Å²) in [6, 6.07) is 2.01. The van der Waals surface area contributed by atoms with Gasteiger partial charge in [-0.05, 0) is 57.4 Å². The zero-order valence-electron chi connectivity index (χ0n) is 13.4. The van der Waals surface area contributed by atoms with E-state index in [-0.39, 0.29) is 5.91 Å². The number of fused-ring (bicyclic) bond motifs is 1. The molecule has 0 aromatic heterocycles. The highest BCUT2D eigenvalue weighted by atomic mass is 16.1. The number of amides is 1. The lowest BCUT2D eigenvalue weighted by Crippen LogP contribution is -2.56. The number of rotatable bonds is 4.